The average molecular weight is 251 g/mol. The molecule has 0 unspecified atom stereocenters. The molecule has 0 aliphatic heterocycles. The predicted octanol–water partition coefficient (Wildman–Crippen LogP) is 2.99. The third-order valence-electron chi connectivity index (χ3n) is 4.14. The average Bonchev–Trinajstić information content (AvgIpc) is 2.39. The van der Waals surface area contributed by atoms with E-state index in [4.69, 9.17) is 0 Å². The minimum atomic E-state index is 0.363. The highest BCUT2D eigenvalue weighted by atomic mass is 16.3. The van der Waals surface area contributed by atoms with Crippen molar-refractivity contribution in [1.82, 2.24) is 0 Å². The monoisotopic (exact) mass is 251 g/mol. The molecule has 0 aliphatic rings. The van der Waals surface area contributed by atoms with Crippen LogP contribution in [0.25, 0.3) is 0 Å². The molecule has 0 bridgehead atoms. The van der Waals surface area contributed by atoms with Gasteiger partial charge in [0.1, 0.15) is 5.75 Å². The van der Waals surface area contributed by atoms with Crippen LogP contribution in [-0.4, -0.2) is 42.3 Å². The van der Waals surface area contributed by atoms with Gasteiger partial charge in [-0.1, -0.05) is 6.07 Å². The zero-order chi connectivity index (χ0) is 13.6. The summed E-state index contributed by atoms with van der Waals surface area (Å²) in [5.41, 5.74) is 1.92. The second-order valence-electron chi connectivity index (χ2n) is 4.94. The highest BCUT2D eigenvalue weighted by Gasteiger charge is 2.19. The summed E-state index contributed by atoms with van der Waals surface area (Å²) in [7, 11) is 0. The van der Waals surface area contributed by atoms with E-state index in [1.165, 1.54) is 19.6 Å². The molecule has 102 valence electrons. The second kappa shape index (κ2) is 6.64. The molecule has 3 nitrogen and oxygen atoms in total. The molecule has 0 saturated heterocycles. The lowest BCUT2D eigenvalue weighted by Crippen LogP contribution is -2.50. The van der Waals surface area contributed by atoms with Crippen LogP contribution in [0.3, 0.4) is 0 Å². The largest absolute Gasteiger partial charge is 0.508 e. The van der Waals surface area contributed by atoms with Crippen LogP contribution in [0.15, 0.2) is 18.2 Å². The SMILES string of the molecule is CC[N+](CC)(CC)CCNc1ccc(C)c(O)c1. The van der Waals surface area contributed by atoms with Gasteiger partial charge in [-0.25, -0.2) is 0 Å². The molecule has 1 rings (SSSR count). The molecule has 0 aliphatic carbocycles. The fourth-order valence-corrected chi connectivity index (χ4v) is 2.30. The molecule has 18 heavy (non-hydrogen) atoms. The lowest BCUT2D eigenvalue weighted by molar-refractivity contribution is -0.921. The molecule has 1 aromatic carbocycles. The number of rotatable bonds is 7. The number of phenols is 1. The highest BCUT2D eigenvalue weighted by molar-refractivity contribution is 5.50. The Labute approximate surface area is 111 Å². The fraction of sp³-hybridized carbons (Fsp3) is 0.600. The maximum Gasteiger partial charge on any atom is 0.120 e. The van der Waals surface area contributed by atoms with Gasteiger partial charge >= 0.3 is 0 Å². The van der Waals surface area contributed by atoms with Crippen molar-refractivity contribution in [2.75, 3.05) is 38.0 Å². The van der Waals surface area contributed by atoms with Crippen molar-refractivity contribution in [3.8, 4) is 5.75 Å². The summed E-state index contributed by atoms with van der Waals surface area (Å²) >= 11 is 0. The number of nitrogens with zero attached hydrogens (tertiary/aromatic N) is 1. The molecule has 1 aromatic rings. The van der Waals surface area contributed by atoms with Gasteiger partial charge in [-0.15, -0.1) is 0 Å². The maximum atomic E-state index is 9.65. The molecule has 0 atom stereocenters. The fourth-order valence-electron chi connectivity index (χ4n) is 2.30. The van der Waals surface area contributed by atoms with E-state index in [1.54, 1.807) is 6.07 Å². The third kappa shape index (κ3) is 3.64. The molecule has 0 saturated carbocycles. The van der Waals surface area contributed by atoms with Crippen molar-refractivity contribution in [1.29, 1.82) is 0 Å². The molecule has 2 N–H and O–H groups in total. The van der Waals surface area contributed by atoms with Crippen molar-refractivity contribution in [2.24, 2.45) is 0 Å². The summed E-state index contributed by atoms with van der Waals surface area (Å²) in [6.45, 7) is 14.3. The maximum absolute atomic E-state index is 9.65. The number of anilines is 1. The Hall–Kier alpha value is -1.22. The van der Waals surface area contributed by atoms with E-state index >= 15 is 0 Å². The normalized spacial score (nSPS) is 11.6. The van der Waals surface area contributed by atoms with Crippen molar-refractivity contribution >= 4 is 5.69 Å². The van der Waals surface area contributed by atoms with Crippen molar-refractivity contribution in [2.45, 2.75) is 27.7 Å². The van der Waals surface area contributed by atoms with Gasteiger partial charge in [-0.3, -0.25) is 0 Å². The number of nitrogens with one attached hydrogen (secondary N) is 1. The van der Waals surface area contributed by atoms with Gasteiger partial charge in [0.05, 0.1) is 32.7 Å². The van der Waals surface area contributed by atoms with Crippen molar-refractivity contribution in [3.63, 3.8) is 0 Å². The Morgan fingerprint density at radius 2 is 1.72 bits per heavy atom. The van der Waals surface area contributed by atoms with E-state index in [9.17, 15) is 5.11 Å². The lowest BCUT2D eigenvalue weighted by atomic mass is 10.2. The Bertz CT molecular complexity index is 364. The van der Waals surface area contributed by atoms with Gasteiger partial charge in [0.2, 0.25) is 0 Å². The van der Waals surface area contributed by atoms with E-state index in [2.05, 4.69) is 26.1 Å². The molecule has 0 amide bonds. The molecule has 0 heterocycles. The van der Waals surface area contributed by atoms with Crippen LogP contribution >= 0.6 is 0 Å². The van der Waals surface area contributed by atoms with E-state index < -0.39 is 0 Å². The number of aryl methyl sites for hydroxylation is 1. The Balaban J connectivity index is 2.52. The zero-order valence-electron chi connectivity index (χ0n) is 12.2. The molecule has 0 aromatic heterocycles. The first kappa shape index (κ1) is 14.8. The second-order valence-corrected chi connectivity index (χ2v) is 4.94. The van der Waals surface area contributed by atoms with E-state index in [-0.39, 0.29) is 0 Å². The van der Waals surface area contributed by atoms with E-state index in [0.717, 1.165) is 28.8 Å². The number of likely N-dealkylation sites (N-methyl/N-ethyl adjacent to an activating group) is 1. The smallest absolute Gasteiger partial charge is 0.120 e. The van der Waals surface area contributed by atoms with Crippen LogP contribution in [-0.2, 0) is 0 Å². The van der Waals surface area contributed by atoms with Gasteiger partial charge in [-0.05, 0) is 39.3 Å². The summed E-state index contributed by atoms with van der Waals surface area (Å²) < 4.78 is 1.14. The highest BCUT2D eigenvalue weighted by Crippen LogP contribution is 2.20. The first-order valence-corrected chi connectivity index (χ1v) is 6.95. The molecular formula is C15H27N2O+. The number of hydrogen-bond acceptors (Lipinski definition) is 2. The Kier molecular flexibility index (Phi) is 5.48. The van der Waals surface area contributed by atoms with Gasteiger partial charge in [0.15, 0.2) is 0 Å². The van der Waals surface area contributed by atoms with Crippen LogP contribution in [0.5, 0.6) is 5.75 Å². The number of phenolic OH excluding ortho intramolecular Hbond substituents is 1. The molecule has 0 radical (unpaired) electrons. The summed E-state index contributed by atoms with van der Waals surface area (Å²) in [5, 5.41) is 13.0. The molecular weight excluding hydrogens is 224 g/mol. The summed E-state index contributed by atoms with van der Waals surface area (Å²) in [6.07, 6.45) is 0. The van der Waals surface area contributed by atoms with Crippen molar-refractivity contribution in [3.05, 3.63) is 23.8 Å². The van der Waals surface area contributed by atoms with Gasteiger partial charge in [0.25, 0.3) is 0 Å². The molecule has 3 heteroatoms. The first-order valence-electron chi connectivity index (χ1n) is 6.95. The van der Waals surface area contributed by atoms with Crippen molar-refractivity contribution < 1.29 is 9.59 Å². The summed E-state index contributed by atoms with van der Waals surface area (Å²) in [6, 6.07) is 5.76. The third-order valence-corrected chi connectivity index (χ3v) is 4.14. The van der Waals surface area contributed by atoms with E-state index in [0.29, 0.717) is 5.75 Å². The van der Waals surface area contributed by atoms with Crippen LogP contribution in [0, 0.1) is 6.92 Å². The van der Waals surface area contributed by atoms with Gasteiger partial charge in [-0.2, -0.15) is 0 Å². The van der Waals surface area contributed by atoms with Gasteiger partial charge in [0, 0.05) is 11.8 Å². The molecule has 0 fully saturated rings. The topological polar surface area (TPSA) is 32.3 Å². The number of aromatic hydroxyl groups is 1. The summed E-state index contributed by atoms with van der Waals surface area (Å²) in [5.74, 6) is 0.363. The number of benzene rings is 1. The van der Waals surface area contributed by atoms with Crippen LogP contribution in [0.1, 0.15) is 26.3 Å². The lowest BCUT2D eigenvalue weighted by Gasteiger charge is -2.35. The molecule has 0 spiro atoms. The van der Waals surface area contributed by atoms with Crippen LogP contribution in [0.4, 0.5) is 5.69 Å². The summed E-state index contributed by atoms with van der Waals surface area (Å²) in [4.78, 5) is 0. The first-order chi connectivity index (χ1) is 8.56. The Morgan fingerprint density at radius 3 is 2.22 bits per heavy atom. The van der Waals surface area contributed by atoms with Gasteiger partial charge < -0.3 is 14.9 Å². The number of hydrogen-bond donors (Lipinski definition) is 2. The standard InChI is InChI=1S/C15H26N2O/c1-5-17(6-2,7-3)11-10-16-14-9-8-13(4)15(18)12-14/h8-9,12,16H,5-7,10-11H2,1-4H3/p+1. The minimum absolute atomic E-state index is 0.363. The predicted molar refractivity (Wildman–Crippen MR) is 78.1 cm³/mol. The van der Waals surface area contributed by atoms with Crippen LogP contribution < -0.4 is 5.32 Å². The Morgan fingerprint density at radius 1 is 1.11 bits per heavy atom. The number of quaternary nitrogens is 1. The van der Waals surface area contributed by atoms with E-state index in [1.807, 2.05) is 19.1 Å². The zero-order valence-corrected chi connectivity index (χ0v) is 12.2. The quantitative estimate of drug-likeness (QED) is 0.730. The minimum Gasteiger partial charge on any atom is -0.508 e. The van der Waals surface area contributed by atoms with Crippen LogP contribution in [0.2, 0.25) is 0 Å².